The number of hydrazine groups is 1. The molecule has 10 heavy (non-hydrogen) atoms. The Morgan fingerprint density at radius 2 is 2.50 bits per heavy atom. The van der Waals surface area contributed by atoms with E-state index in [9.17, 15) is 0 Å². The van der Waals surface area contributed by atoms with Crippen LogP contribution in [0.5, 0.6) is 0 Å². The Hall–Kier alpha value is -0.840. The lowest BCUT2D eigenvalue weighted by atomic mass is 10.4. The minimum Gasteiger partial charge on any atom is -0.468 e. The lowest BCUT2D eigenvalue weighted by Gasteiger charge is -1.98. The molecule has 0 saturated carbocycles. The van der Waals surface area contributed by atoms with Gasteiger partial charge in [-0.2, -0.15) is 0 Å². The standard InChI is InChI=1S/C6H11N3O/c7-9-5-8-4-6-2-1-3-10-6/h1-3,8-9H,4-5,7H2. The van der Waals surface area contributed by atoms with Crippen molar-refractivity contribution >= 4 is 0 Å². The van der Waals surface area contributed by atoms with Gasteiger partial charge in [0.25, 0.3) is 0 Å². The van der Waals surface area contributed by atoms with Crippen molar-refractivity contribution < 1.29 is 4.42 Å². The second kappa shape index (κ2) is 4.05. The first-order valence-electron chi connectivity index (χ1n) is 3.10. The zero-order valence-corrected chi connectivity index (χ0v) is 5.63. The molecular formula is C6H11N3O. The van der Waals surface area contributed by atoms with E-state index in [0.717, 1.165) is 5.76 Å². The van der Waals surface area contributed by atoms with Crippen molar-refractivity contribution in [2.24, 2.45) is 5.84 Å². The lowest BCUT2D eigenvalue weighted by molar-refractivity contribution is 0.473. The summed E-state index contributed by atoms with van der Waals surface area (Å²) in [5.74, 6) is 5.94. The Morgan fingerprint density at radius 3 is 3.10 bits per heavy atom. The van der Waals surface area contributed by atoms with Gasteiger partial charge in [-0.15, -0.1) is 0 Å². The van der Waals surface area contributed by atoms with Crippen molar-refractivity contribution in [1.82, 2.24) is 10.7 Å². The second-order valence-electron chi connectivity index (χ2n) is 1.89. The fourth-order valence-corrected chi connectivity index (χ4v) is 0.671. The summed E-state index contributed by atoms with van der Waals surface area (Å²) >= 11 is 0. The van der Waals surface area contributed by atoms with Crippen molar-refractivity contribution in [3.8, 4) is 0 Å². The van der Waals surface area contributed by atoms with Crippen LogP contribution in [0.25, 0.3) is 0 Å². The van der Waals surface area contributed by atoms with E-state index in [1.807, 2.05) is 12.1 Å². The van der Waals surface area contributed by atoms with Crippen LogP contribution in [0.4, 0.5) is 0 Å². The van der Waals surface area contributed by atoms with Crippen LogP contribution in [0.2, 0.25) is 0 Å². The van der Waals surface area contributed by atoms with Gasteiger partial charge in [0.1, 0.15) is 5.76 Å². The third kappa shape index (κ3) is 2.18. The van der Waals surface area contributed by atoms with Gasteiger partial charge in [-0.3, -0.25) is 11.2 Å². The molecular weight excluding hydrogens is 130 g/mol. The third-order valence-corrected chi connectivity index (χ3v) is 1.11. The van der Waals surface area contributed by atoms with Crippen LogP contribution in [0.3, 0.4) is 0 Å². The van der Waals surface area contributed by atoms with Crippen LogP contribution in [0.1, 0.15) is 5.76 Å². The van der Waals surface area contributed by atoms with Crippen molar-refractivity contribution in [2.75, 3.05) is 6.67 Å². The van der Waals surface area contributed by atoms with Crippen LogP contribution in [0, 0.1) is 0 Å². The summed E-state index contributed by atoms with van der Waals surface area (Å²) in [5, 5.41) is 3.01. The molecule has 0 fully saturated rings. The molecule has 0 spiro atoms. The highest BCUT2D eigenvalue weighted by Gasteiger charge is 1.91. The highest BCUT2D eigenvalue weighted by molar-refractivity contribution is 4.97. The zero-order chi connectivity index (χ0) is 7.23. The molecule has 56 valence electrons. The van der Waals surface area contributed by atoms with E-state index in [0.29, 0.717) is 13.2 Å². The van der Waals surface area contributed by atoms with E-state index >= 15 is 0 Å². The minimum atomic E-state index is 0.584. The van der Waals surface area contributed by atoms with E-state index in [-0.39, 0.29) is 0 Å². The molecule has 4 N–H and O–H groups in total. The van der Waals surface area contributed by atoms with E-state index in [4.69, 9.17) is 10.3 Å². The number of nitrogens with two attached hydrogens (primary N) is 1. The molecule has 0 aliphatic carbocycles. The van der Waals surface area contributed by atoms with Crippen molar-refractivity contribution in [1.29, 1.82) is 0 Å². The summed E-state index contributed by atoms with van der Waals surface area (Å²) in [4.78, 5) is 0. The SMILES string of the molecule is NNCNCc1ccco1. The molecule has 1 heterocycles. The number of hydrogen-bond acceptors (Lipinski definition) is 4. The fourth-order valence-electron chi connectivity index (χ4n) is 0.671. The van der Waals surface area contributed by atoms with Gasteiger partial charge in [0.2, 0.25) is 0 Å². The Labute approximate surface area is 59.4 Å². The number of nitrogens with one attached hydrogen (secondary N) is 2. The number of hydrogen-bond donors (Lipinski definition) is 3. The molecule has 1 rings (SSSR count). The molecule has 0 unspecified atom stereocenters. The Kier molecular flexibility index (Phi) is 2.95. The molecule has 0 radical (unpaired) electrons. The summed E-state index contributed by atoms with van der Waals surface area (Å²) in [7, 11) is 0. The maximum Gasteiger partial charge on any atom is 0.117 e. The average Bonchev–Trinajstić information content (AvgIpc) is 2.41. The van der Waals surface area contributed by atoms with Gasteiger partial charge in [-0.1, -0.05) is 0 Å². The molecule has 1 aromatic heterocycles. The largest absolute Gasteiger partial charge is 0.468 e. The van der Waals surface area contributed by atoms with Gasteiger partial charge in [0.05, 0.1) is 19.5 Å². The van der Waals surface area contributed by atoms with Gasteiger partial charge in [0.15, 0.2) is 0 Å². The molecule has 0 atom stereocenters. The molecule has 4 nitrogen and oxygen atoms in total. The molecule has 0 aromatic carbocycles. The van der Waals surface area contributed by atoms with E-state index in [1.54, 1.807) is 6.26 Å². The fraction of sp³-hybridized carbons (Fsp3) is 0.333. The van der Waals surface area contributed by atoms with Gasteiger partial charge in [-0.25, -0.2) is 5.43 Å². The molecule has 0 aliphatic rings. The van der Waals surface area contributed by atoms with E-state index in [1.165, 1.54) is 0 Å². The predicted octanol–water partition coefficient (Wildman–Crippen LogP) is -0.210. The Balaban J connectivity index is 2.15. The van der Waals surface area contributed by atoms with Gasteiger partial charge >= 0.3 is 0 Å². The van der Waals surface area contributed by atoms with Crippen molar-refractivity contribution in [3.05, 3.63) is 24.2 Å². The Morgan fingerprint density at radius 1 is 1.60 bits per heavy atom. The van der Waals surface area contributed by atoms with Crippen LogP contribution in [-0.4, -0.2) is 6.67 Å². The first-order chi connectivity index (χ1) is 4.93. The summed E-state index contributed by atoms with van der Waals surface area (Å²) in [6, 6.07) is 3.76. The molecule has 0 amide bonds. The highest BCUT2D eigenvalue weighted by atomic mass is 16.3. The first kappa shape index (κ1) is 7.27. The van der Waals surface area contributed by atoms with Crippen molar-refractivity contribution in [3.63, 3.8) is 0 Å². The van der Waals surface area contributed by atoms with E-state index in [2.05, 4.69) is 10.7 Å². The molecule has 0 saturated heterocycles. The zero-order valence-electron chi connectivity index (χ0n) is 5.63. The molecule has 4 heteroatoms. The maximum atomic E-state index is 5.05. The van der Waals surface area contributed by atoms with Crippen LogP contribution in [0.15, 0.2) is 22.8 Å². The summed E-state index contributed by atoms with van der Waals surface area (Å²) in [5.41, 5.74) is 2.48. The average molecular weight is 141 g/mol. The smallest absolute Gasteiger partial charge is 0.117 e. The predicted molar refractivity (Wildman–Crippen MR) is 37.7 cm³/mol. The highest BCUT2D eigenvalue weighted by Crippen LogP contribution is 1.97. The summed E-state index contributed by atoms with van der Waals surface area (Å²) in [6.07, 6.45) is 1.65. The normalized spacial score (nSPS) is 10.1. The summed E-state index contributed by atoms with van der Waals surface area (Å²) in [6.45, 7) is 1.29. The number of rotatable bonds is 4. The van der Waals surface area contributed by atoms with Gasteiger partial charge < -0.3 is 4.42 Å². The van der Waals surface area contributed by atoms with Gasteiger partial charge in [0, 0.05) is 0 Å². The number of furan rings is 1. The molecule has 0 bridgehead atoms. The third-order valence-electron chi connectivity index (χ3n) is 1.11. The maximum absolute atomic E-state index is 5.05. The van der Waals surface area contributed by atoms with Crippen LogP contribution >= 0.6 is 0 Å². The minimum absolute atomic E-state index is 0.584. The van der Waals surface area contributed by atoms with Crippen LogP contribution in [-0.2, 0) is 6.54 Å². The Bertz CT molecular complexity index is 162. The molecule has 1 aromatic rings. The first-order valence-corrected chi connectivity index (χ1v) is 3.10. The summed E-state index contributed by atoms with van der Waals surface area (Å²) < 4.78 is 5.05. The lowest BCUT2D eigenvalue weighted by Crippen LogP contribution is -2.33. The topological polar surface area (TPSA) is 63.2 Å². The monoisotopic (exact) mass is 141 g/mol. The van der Waals surface area contributed by atoms with E-state index < -0.39 is 0 Å². The van der Waals surface area contributed by atoms with Crippen LogP contribution < -0.4 is 16.6 Å². The molecule has 0 aliphatic heterocycles. The second-order valence-corrected chi connectivity index (χ2v) is 1.89. The van der Waals surface area contributed by atoms with Gasteiger partial charge in [-0.05, 0) is 12.1 Å². The van der Waals surface area contributed by atoms with Crippen molar-refractivity contribution in [2.45, 2.75) is 6.54 Å². The quantitative estimate of drug-likeness (QED) is 0.235.